The molecule has 3 heteroatoms. The molecule has 33 heavy (non-hydrogen) atoms. The van der Waals surface area contributed by atoms with Gasteiger partial charge < -0.3 is 0 Å². The molecule has 0 saturated heterocycles. The monoisotopic (exact) mass is 464 g/mol. The maximum Gasteiger partial charge on any atom is 0.282 e. The summed E-state index contributed by atoms with van der Waals surface area (Å²) in [5, 5.41) is 0. The van der Waals surface area contributed by atoms with E-state index in [-0.39, 0.29) is 12.0 Å². The molecule has 0 aromatic heterocycles. The molecule has 2 aliphatic rings. The Labute approximate surface area is 201 Å². The summed E-state index contributed by atoms with van der Waals surface area (Å²) in [6.07, 6.45) is 16.8. The van der Waals surface area contributed by atoms with Crippen LogP contribution in [-0.4, -0.2) is 5.92 Å². The van der Waals surface area contributed by atoms with E-state index in [1.54, 1.807) is 19.1 Å². The quantitative estimate of drug-likeness (QED) is 0.270. The average molecular weight is 465 g/mol. The molecule has 1 unspecified atom stereocenters. The molecule has 1 aromatic carbocycles. The minimum absolute atomic E-state index is 0.119. The van der Waals surface area contributed by atoms with Gasteiger partial charge in [0.2, 0.25) is 0 Å². The Morgan fingerprint density at radius 3 is 1.91 bits per heavy atom. The van der Waals surface area contributed by atoms with Crippen molar-refractivity contribution < 1.29 is 13.2 Å². The Balaban J connectivity index is 1.39. The predicted octanol–water partition coefficient (Wildman–Crippen LogP) is 10.6. The van der Waals surface area contributed by atoms with E-state index in [0.29, 0.717) is 5.92 Å². The highest BCUT2D eigenvalue weighted by Gasteiger charge is 2.40. The lowest BCUT2D eigenvalue weighted by Gasteiger charge is -2.38. The smallest absolute Gasteiger partial charge is 0.236 e. The summed E-state index contributed by atoms with van der Waals surface area (Å²) in [6, 6.07) is 7.00. The average Bonchev–Trinajstić information content (AvgIpc) is 2.84. The summed E-state index contributed by atoms with van der Waals surface area (Å²) in [7, 11) is 0. The summed E-state index contributed by atoms with van der Waals surface area (Å²) in [5.74, 6) is -0.0139. The zero-order valence-corrected chi connectivity index (χ0v) is 21.1. The van der Waals surface area contributed by atoms with E-state index < -0.39 is 18.5 Å². The van der Waals surface area contributed by atoms with Gasteiger partial charge in [0, 0.05) is 6.42 Å². The molecule has 0 heterocycles. The van der Waals surface area contributed by atoms with Gasteiger partial charge in [-0.2, -0.15) is 0 Å². The molecule has 3 rings (SSSR count). The minimum Gasteiger partial charge on any atom is -0.236 e. The van der Waals surface area contributed by atoms with Crippen LogP contribution in [0.15, 0.2) is 24.3 Å². The summed E-state index contributed by atoms with van der Waals surface area (Å²) in [5.41, 5.74) is 1.32. The molecule has 2 aliphatic carbocycles. The third kappa shape index (κ3) is 7.76. The fourth-order valence-electron chi connectivity index (χ4n) is 6.55. The Morgan fingerprint density at radius 1 is 0.758 bits per heavy atom. The van der Waals surface area contributed by atoms with E-state index >= 15 is 0 Å². The summed E-state index contributed by atoms with van der Waals surface area (Å²) >= 11 is 0. The van der Waals surface area contributed by atoms with Gasteiger partial charge >= 0.3 is 0 Å². The first-order chi connectivity index (χ1) is 15.9. The first-order valence-corrected chi connectivity index (χ1v) is 14.1. The molecular formula is C30H47F3. The van der Waals surface area contributed by atoms with Crippen LogP contribution in [0.4, 0.5) is 13.2 Å². The maximum atomic E-state index is 14.3. The van der Waals surface area contributed by atoms with Crippen LogP contribution >= 0.6 is 0 Å². The molecule has 0 N–H and O–H groups in total. The molecule has 1 atom stereocenters. The third-order valence-corrected chi connectivity index (χ3v) is 8.70. The second-order valence-corrected chi connectivity index (χ2v) is 11.1. The van der Waals surface area contributed by atoms with E-state index in [1.807, 2.05) is 12.1 Å². The Hall–Kier alpha value is -0.990. The molecule has 2 saturated carbocycles. The van der Waals surface area contributed by atoms with Gasteiger partial charge in [0.15, 0.2) is 6.17 Å². The first-order valence-electron chi connectivity index (χ1n) is 14.1. The number of halogens is 3. The zero-order chi connectivity index (χ0) is 23.7. The van der Waals surface area contributed by atoms with Crippen LogP contribution in [0.3, 0.4) is 0 Å². The lowest BCUT2D eigenvalue weighted by atomic mass is 9.68. The van der Waals surface area contributed by atoms with Gasteiger partial charge in [0.25, 0.3) is 5.92 Å². The standard InChI is InChI=1S/C30H47F3/c1-3-5-6-7-8-9-23-10-12-24(13-11-23)25-14-16-26(17-15-25)27-18-20-28(21-19-27)29(31)30(32,33)22-4-2/h18-21,23-26,29H,3-17,22H2,1-2H3. The molecule has 0 aliphatic heterocycles. The molecule has 1 aromatic rings. The van der Waals surface area contributed by atoms with Crippen LogP contribution in [-0.2, 0) is 0 Å². The van der Waals surface area contributed by atoms with E-state index in [4.69, 9.17) is 0 Å². The summed E-state index contributed by atoms with van der Waals surface area (Å²) in [6.45, 7) is 3.95. The van der Waals surface area contributed by atoms with Crippen molar-refractivity contribution in [2.45, 2.75) is 135 Å². The van der Waals surface area contributed by atoms with Gasteiger partial charge in [0.1, 0.15) is 0 Å². The van der Waals surface area contributed by atoms with Crippen molar-refractivity contribution in [2.75, 3.05) is 0 Å². The number of hydrogen-bond donors (Lipinski definition) is 0. The number of alkyl halides is 3. The highest BCUT2D eigenvalue weighted by atomic mass is 19.3. The second-order valence-electron chi connectivity index (χ2n) is 11.1. The minimum atomic E-state index is -3.28. The van der Waals surface area contributed by atoms with E-state index in [9.17, 15) is 13.2 Å². The highest BCUT2D eigenvalue weighted by Crippen LogP contribution is 2.45. The van der Waals surface area contributed by atoms with Gasteiger partial charge in [-0.05, 0) is 73.3 Å². The molecule has 0 amide bonds. The van der Waals surface area contributed by atoms with Crippen molar-refractivity contribution in [1.82, 2.24) is 0 Å². The molecule has 188 valence electrons. The first kappa shape index (κ1) is 26.6. The van der Waals surface area contributed by atoms with Gasteiger partial charge in [0.05, 0.1) is 0 Å². The zero-order valence-electron chi connectivity index (χ0n) is 21.1. The number of rotatable bonds is 12. The topological polar surface area (TPSA) is 0 Å². The fourth-order valence-corrected chi connectivity index (χ4v) is 6.55. The normalized spacial score (nSPS) is 27.4. The molecule has 2 fully saturated rings. The largest absolute Gasteiger partial charge is 0.282 e. The van der Waals surface area contributed by atoms with Crippen LogP contribution in [0.2, 0.25) is 0 Å². The van der Waals surface area contributed by atoms with Crippen molar-refractivity contribution in [2.24, 2.45) is 17.8 Å². The Kier molecular flexibility index (Phi) is 10.6. The predicted molar refractivity (Wildman–Crippen MR) is 134 cm³/mol. The summed E-state index contributed by atoms with van der Waals surface area (Å²) < 4.78 is 42.2. The molecule has 0 bridgehead atoms. The third-order valence-electron chi connectivity index (χ3n) is 8.70. The SMILES string of the molecule is CCCCCCCC1CCC(C2CCC(c3ccc(C(F)C(F)(F)CCC)cc3)CC2)CC1. The van der Waals surface area contributed by atoms with Crippen LogP contribution in [0.5, 0.6) is 0 Å². The maximum absolute atomic E-state index is 14.3. The van der Waals surface area contributed by atoms with Crippen molar-refractivity contribution >= 4 is 0 Å². The van der Waals surface area contributed by atoms with E-state index in [1.165, 1.54) is 95.5 Å². The van der Waals surface area contributed by atoms with Crippen molar-refractivity contribution in [3.8, 4) is 0 Å². The lowest BCUT2D eigenvalue weighted by molar-refractivity contribution is -0.0807. The molecule has 0 spiro atoms. The van der Waals surface area contributed by atoms with E-state index in [2.05, 4.69) is 6.92 Å². The van der Waals surface area contributed by atoms with Gasteiger partial charge in [-0.15, -0.1) is 0 Å². The van der Waals surface area contributed by atoms with E-state index in [0.717, 1.165) is 17.8 Å². The van der Waals surface area contributed by atoms with Crippen molar-refractivity contribution in [3.05, 3.63) is 35.4 Å². The number of unbranched alkanes of at least 4 members (excludes halogenated alkanes) is 4. The van der Waals surface area contributed by atoms with Gasteiger partial charge in [-0.25, -0.2) is 13.2 Å². The Morgan fingerprint density at radius 2 is 1.33 bits per heavy atom. The highest BCUT2D eigenvalue weighted by molar-refractivity contribution is 5.28. The van der Waals surface area contributed by atoms with Gasteiger partial charge in [-0.1, -0.05) is 95.9 Å². The lowest BCUT2D eigenvalue weighted by Crippen LogP contribution is -2.25. The van der Waals surface area contributed by atoms with Crippen LogP contribution in [0.25, 0.3) is 0 Å². The van der Waals surface area contributed by atoms with Crippen molar-refractivity contribution in [3.63, 3.8) is 0 Å². The fraction of sp³-hybridized carbons (Fsp3) is 0.800. The summed E-state index contributed by atoms with van der Waals surface area (Å²) in [4.78, 5) is 0. The molecular weight excluding hydrogens is 417 g/mol. The molecule has 0 nitrogen and oxygen atoms in total. The second kappa shape index (κ2) is 13.2. The van der Waals surface area contributed by atoms with Crippen molar-refractivity contribution in [1.29, 1.82) is 0 Å². The van der Waals surface area contributed by atoms with Crippen LogP contribution in [0.1, 0.15) is 140 Å². The Bertz CT molecular complexity index is 652. The van der Waals surface area contributed by atoms with Crippen LogP contribution in [0, 0.1) is 17.8 Å². The van der Waals surface area contributed by atoms with Gasteiger partial charge in [-0.3, -0.25) is 0 Å². The number of benzene rings is 1. The number of hydrogen-bond acceptors (Lipinski definition) is 0. The molecule has 0 radical (unpaired) electrons. The van der Waals surface area contributed by atoms with Crippen LogP contribution < -0.4 is 0 Å².